The number of aromatic hydroxyl groups is 1. The van der Waals surface area contributed by atoms with Gasteiger partial charge in [-0.1, -0.05) is 0 Å². The SMILES string of the molecule is O=C(CC1CCCNC1)Nc1ccc(C(=O)O)c(O)c1. The van der Waals surface area contributed by atoms with Crippen molar-refractivity contribution in [3.8, 4) is 5.75 Å². The van der Waals surface area contributed by atoms with Crippen molar-refractivity contribution in [2.45, 2.75) is 19.3 Å². The van der Waals surface area contributed by atoms with Crippen LogP contribution in [0.4, 0.5) is 5.69 Å². The molecule has 0 aromatic heterocycles. The molecular formula is C14H18N2O4. The molecule has 1 aliphatic rings. The number of phenols is 1. The van der Waals surface area contributed by atoms with Gasteiger partial charge in [0.1, 0.15) is 11.3 Å². The molecule has 0 radical (unpaired) electrons. The van der Waals surface area contributed by atoms with Crippen LogP contribution in [0.5, 0.6) is 5.75 Å². The fourth-order valence-corrected chi connectivity index (χ4v) is 2.36. The Kier molecular flexibility index (Phi) is 4.57. The van der Waals surface area contributed by atoms with Gasteiger partial charge in [0.2, 0.25) is 5.91 Å². The Morgan fingerprint density at radius 2 is 2.20 bits per heavy atom. The van der Waals surface area contributed by atoms with Gasteiger partial charge in [0.05, 0.1) is 0 Å². The number of benzene rings is 1. The third-order valence-electron chi connectivity index (χ3n) is 3.38. The molecule has 0 aliphatic carbocycles. The highest BCUT2D eigenvalue weighted by Crippen LogP contribution is 2.22. The van der Waals surface area contributed by atoms with Gasteiger partial charge >= 0.3 is 5.97 Å². The van der Waals surface area contributed by atoms with Gasteiger partial charge in [-0.15, -0.1) is 0 Å². The van der Waals surface area contributed by atoms with E-state index in [2.05, 4.69) is 10.6 Å². The molecule has 0 spiro atoms. The van der Waals surface area contributed by atoms with Gasteiger partial charge < -0.3 is 20.8 Å². The monoisotopic (exact) mass is 278 g/mol. The average molecular weight is 278 g/mol. The lowest BCUT2D eigenvalue weighted by Gasteiger charge is -2.22. The second kappa shape index (κ2) is 6.38. The van der Waals surface area contributed by atoms with Gasteiger partial charge in [-0.3, -0.25) is 4.79 Å². The van der Waals surface area contributed by atoms with E-state index in [4.69, 9.17) is 5.11 Å². The Hall–Kier alpha value is -2.08. The molecule has 1 heterocycles. The molecule has 1 fully saturated rings. The lowest BCUT2D eigenvalue weighted by Crippen LogP contribution is -2.32. The fraction of sp³-hybridized carbons (Fsp3) is 0.429. The zero-order valence-electron chi connectivity index (χ0n) is 11.1. The fourth-order valence-electron chi connectivity index (χ4n) is 2.36. The standard InChI is InChI=1S/C14H18N2O4/c17-12-7-10(3-4-11(12)14(19)20)16-13(18)6-9-2-1-5-15-8-9/h3-4,7,9,15,17H,1-2,5-6,8H2,(H,16,18)(H,19,20). The topological polar surface area (TPSA) is 98.7 Å². The summed E-state index contributed by atoms with van der Waals surface area (Å²) in [6.07, 6.45) is 2.53. The molecule has 108 valence electrons. The highest BCUT2D eigenvalue weighted by molar-refractivity contribution is 5.94. The van der Waals surface area contributed by atoms with E-state index in [1.807, 2.05) is 0 Å². The molecule has 0 bridgehead atoms. The molecule has 0 saturated carbocycles. The Morgan fingerprint density at radius 1 is 1.40 bits per heavy atom. The van der Waals surface area contributed by atoms with Gasteiger partial charge in [0, 0.05) is 18.2 Å². The first-order valence-electron chi connectivity index (χ1n) is 6.63. The van der Waals surface area contributed by atoms with E-state index in [0.717, 1.165) is 25.9 Å². The van der Waals surface area contributed by atoms with Gasteiger partial charge in [0.25, 0.3) is 0 Å². The van der Waals surface area contributed by atoms with Crippen molar-refractivity contribution in [1.29, 1.82) is 0 Å². The van der Waals surface area contributed by atoms with Crippen molar-refractivity contribution in [3.63, 3.8) is 0 Å². The molecule has 1 aromatic rings. The number of amides is 1. The Balaban J connectivity index is 1.93. The van der Waals surface area contributed by atoms with Crippen LogP contribution < -0.4 is 10.6 Å². The molecule has 1 amide bonds. The number of anilines is 1. The zero-order valence-corrected chi connectivity index (χ0v) is 11.1. The minimum atomic E-state index is -1.20. The van der Waals surface area contributed by atoms with E-state index >= 15 is 0 Å². The number of aromatic carboxylic acids is 1. The highest BCUT2D eigenvalue weighted by Gasteiger charge is 2.17. The van der Waals surface area contributed by atoms with Gasteiger partial charge in [-0.2, -0.15) is 0 Å². The number of hydrogen-bond donors (Lipinski definition) is 4. The van der Waals surface area contributed by atoms with Crippen LogP contribution in [0, 0.1) is 5.92 Å². The maximum absolute atomic E-state index is 11.9. The molecule has 1 aromatic carbocycles. The van der Waals surface area contributed by atoms with Crippen molar-refractivity contribution in [2.24, 2.45) is 5.92 Å². The number of carboxylic acids is 1. The minimum absolute atomic E-state index is 0.124. The van der Waals surface area contributed by atoms with Gasteiger partial charge in [0.15, 0.2) is 0 Å². The summed E-state index contributed by atoms with van der Waals surface area (Å²) in [6.45, 7) is 1.85. The van der Waals surface area contributed by atoms with Crippen LogP contribution in [0.3, 0.4) is 0 Å². The number of carboxylic acid groups (broad SMARTS) is 1. The lowest BCUT2D eigenvalue weighted by molar-refractivity contribution is -0.117. The number of hydrogen-bond acceptors (Lipinski definition) is 4. The van der Waals surface area contributed by atoms with Gasteiger partial charge in [-0.25, -0.2) is 4.79 Å². The number of piperidine rings is 1. The van der Waals surface area contributed by atoms with Crippen LogP contribution in [0.15, 0.2) is 18.2 Å². The van der Waals surface area contributed by atoms with Crippen molar-refractivity contribution in [3.05, 3.63) is 23.8 Å². The third-order valence-corrected chi connectivity index (χ3v) is 3.38. The summed E-state index contributed by atoms with van der Waals surface area (Å²) in [5, 5.41) is 24.3. The second-order valence-electron chi connectivity index (χ2n) is 5.00. The minimum Gasteiger partial charge on any atom is -0.507 e. The number of nitrogens with one attached hydrogen (secondary N) is 2. The molecule has 1 atom stereocenters. The van der Waals surface area contributed by atoms with E-state index in [-0.39, 0.29) is 17.2 Å². The molecule has 1 aliphatic heterocycles. The quantitative estimate of drug-likeness (QED) is 0.667. The smallest absolute Gasteiger partial charge is 0.339 e. The molecule has 1 unspecified atom stereocenters. The number of carbonyl (C=O) groups is 2. The summed E-state index contributed by atoms with van der Waals surface area (Å²) in [6, 6.07) is 4.00. The molecular weight excluding hydrogens is 260 g/mol. The predicted molar refractivity (Wildman–Crippen MR) is 73.9 cm³/mol. The van der Waals surface area contributed by atoms with Gasteiger partial charge in [-0.05, 0) is 44.0 Å². The maximum atomic E-state index is 11.9. The first kappa shape index (κ1) is 14.3. The van der Waals surface area contributed by atoms with Crippen molar-refractivity contribution >= 4 is 17.6 Å². The van der Waals surface area contributed by atoms with Crippen molar-refractivity contribution in [1.82, 2.24) is 5.32 Å². The predicted octanol–water partition coefficient (Wildman–Crippen LogP) is 1.42. The number of carbonyl (C=O) groups excluding carboxylic acids is 1. The Morgan fingerprint density at radius 3 is 2.80 bits per heavy atom. The zero-order chi connectivity index (χ0) is 14.5. The molecule has 6 heteroatoms. The summed E-state index contributed by atoms with van der Waals surface area (Å²) >= 11 is 0. The largest absolute Gasteiger partial charge is 0.507 e. The van der Waals surface area contributed by atoms with Crippen LogP contribution in [0.25, 0.3) is 0 Å². The summed E-state index contributed by atoms with van der Waals surface area (Å²) in [5.74, 6) is -1.35. The molecule has 4 N–H and O–H groups in total. The average Bonchev–Trinajstić information content (AvgIpc) is 2.39. The second-order valence-corrected chi connectivity index (χ2v) is 5.00. The summed E-state index contributed by atoms with van der Waals surface area (Å²) in [5.41, 5.74) is 0.223. The van der Waals surface area contributed by atoms with Crippen LogP contribution in [0.1, 0.15) is 29.6 Å². The van der Waals surface area contributed by atoms with E-state index in [0.29, 0.717) is 18.0 Å². The summed E-state index contributed by atoms with van der Waals surface area (Å²) < 4.78 is 0. The lowest BCUT2D eigenvalue weighted by atomic mass is 9.96. The highest BCUT2D eigenvalue weighted by atomic mass is 16.4. The number of rotatable bonds is 4. The maximum Gasteiger partial charge on any atom is 0.339 e. The van der Waals surface area contributed by atoms with Crippen LogP contribution in [0.2, 0.25) is 0 Å². The Bertz CT molecular complexity index is 510. The van der Waals surface area contributed by atoms with Crippen LogP contribution in [-0.4, -0.2) is 35.2 Å². The Labute approximate surface area is 116 Å². The molecule has 6 nitrogen and oxygen atoms in total. The first-order valence-corrected chi connectivity index (χ1v) is 6.63. The van der Waals surface area contributed by atoms with E-state index in [1.54, 1.807) is 0 Å². The molecule has 2 rings (SSSR count). The van der Waals surface area contributed by atoms with E-state index in [1.165, 1.54) is 18.2 Å². The van der Waals surface area contributed by atoms with Crippen molar-refractivity contribution in [2.75, 3.05) is 18.4 Å². The third kappa shape index (κ3) is 3.71. The summed E-state index contributed by atoms with van der Waals surface area (Å²) in [7, 11) is 0. The van der Waals surface area contributed by atoms with Crippen molar-refractivity contribution < 1.29 is 19.8 Å². The van der Waals surface area contributed by atoms with E-state index < -0.39 is 5.97 Å². The van der Waals surface area contributed by atoms with Crippen LogP contribution >= 0.6 is 0 Å². The normalized spacial score (nSPS) is 18.5. The molecule has 1 saturated heterocycles. The summed E-state index contributed by atoms with van der Waals surface area (Å²) in [4.78, 5) is 22.6. The van der Waals surface area contributed by atoms with Crippen LogP contribution in [-0.2, 0) is 4.79 Å². The first-order chi connectivity index (χ1) is 9.56. The van der Waals surface area contributed by atoms with E-state index in [9.17, 15) is 14.7 Å². The molecule has 20 heavy (non-hydrogen) atoms.